The van der Waals surface area contributed by atoms with Crippen LogP contribution in [0.25, 0.3) is 0 Å². The molecule has 2 heterocycles. The second kappa shape index (κ2) is 6.43. The smallest absolute Gasteiger partial charge is 0.329 e. The lowest BCUT2D eigenvalue weighted by Crippen LogP contribution is -2.47. The first-order valence-corrected chi connectivity index (χ1v) is 7.55. The van der Waals surface area contributed by atoms with E-state index in [0.29, 0.717) is 18.2 Å². The Morgan fingerprint density at radius 1 is 1.28 bits per heavy atom. The highest BCUT2D eigenvalue weighted by Gasteiger charge is 2.35. The van der Waals surface area contributed by atoms with E-state index in [9.17, 15) is 9.59 Å². The van der Waals surface area contributed by atoms with Gasteiger partial charge in [0.15, 0.2) is 0 Å². The molecule has 6 heteroatoms. The molecule has 18 heavy (non-hydrogen) atoms. The fourth-order valence-corrected chi connectivity index (χ4v) is 3.58. The zero-order chi connectivity index (χ0) is 13.0. The van der Waals surface area contributed by atoms with Crippen LogP contribution in [0.1, 0.15) is 19.3 Å². The van der Waals surface area contributed by atoms with Gasteiger partial charge in [-0.25, -0.2) is 4.79 Å². The Morgan fingerprint density at radius 2 is 2.00 bits per heavy atom. The van der Waals surface area contributed by atoms with Gasteiger partial charge < -0.3 is 9.64 Å². The zero-order valence-electron chi connectivity index (χ0n) is 10.8. The number of amides is 1. The highest BCUT2D eigenvalue weighted by molar-refractivity contribution is 7.99. The van der Waals surface area contributed by atoms with Crippen LogP contribution in [-0.4, -0.2) is 66.1 Å². The molecule has 0 aromatic heterocycles. The fraction of sp³-hybridized carbons (Fsp3) is 0.833. The number of methoxy groups -OCH3 is 1. The molecule has 2 saturated heterocycles. The van der Waals surface area contributed by atoms with E-state index in [1.54, 1.807) is 16.7 Å². The Bertz CT molecular complexity index is 318. The predicted molar refractivity (Wildman–Crippen MR) is 70.3 cm³/mol. The van der Waals surface area contributed by atoms with E-state index in [1.165, 1.54) is 26.4 Å². The lowest BCUT2D eigenvalue weighted by atomic mass is 10.1. The van der Waals surface area contributed by atoms with E-state index in [4.69, 9.17) is 4.74 Å². The number of carbonyl (C=O) groups excluding carboxylic acids is 2. The molecule has 0 radical (unpaired) electrons. The summed E-state index contributed by atoms with van der Waals surface area (Å²) in [5.74, 6) is 1.01. The first kappa shape index (κ1) is 13.7. The molecular weight excluding hydrogens is 252 g/mol. The fourth-order valence-electron chi connectivity index (χ4n) is 2.42. The van der Waals surface area contributed by atoms with E-state index in [-0.39, 0.29) is 11.9 Å². The minimum absolute atomic E-state index is 0.0531. The second-order valence-electron chi connectivity index (χ2n) is 4.74. The Labute approximate surface area is 112 Å². The van der Waals surface area contributed by atoms with Crippen molar-refractivity contribution in [3.05, 3.63) is 0 Å². The summed E-state index contributed by atoms with van der Waals surface area (Å²) >= 11 is 1.61. The molecule has 0 N–H and O–H groups in total. The monoisotopic (exact) mass is 272 g/mol. The molecular formula is C12H20N2O3S. The molecule has 2 aliphatic rings. The maximum atomic E-state index is 12.2. The SMILES string of the molecule is COC(=O)C1CSCN1C(=O)CN1CCCCC1. The summed E-state index contributed by atoms with van der Waals surface area (Å²) in [4.78, 5) is 27.6. The van der Waals surface area contributed by atoms with Crippen LogP contribution in [0.15, 0.2) is 0 Å². The third-order valence-electron chi connectivity index (χ3n) is 3.48. The van der Waals surface area contributed by atoms with Crippen molar-refractivity contribution in [1.29, 1.82) is 0 Å². The number of hydrogen-bond acceptors (Lipinski definition) is 5. The van der Waals surface area contributed by atoms with E-state index in [0.717, 1.165) is 13.1 Å². The first-order valence-electron chi connectivity index (χ1n) is 6.40. The quantitative estimate of drug-likeness (QED) is 0.702. The predicted octanol–water partition coefficient (Wildman–Crippen LogP) is 0.547. The van der Waals surface area contributed by atoms with Crippen molar-refractivity contribution < 1.29 is 14.3 Å². The summed E-state index contributed by atoms with van der Waals surface area (Å²) in [6.07, 6.45) is 3.60. The number of nitrogens with zero attached hydrogens (tertiary/aromatic N) is 2. The van der Waals surface area contributed by atoms with Gasteiger partial charge in [-0.2, -0.15) is 0 Å². The molecule has 0 aliphatic carbocycles. The Hall–Kier alpha value is -0.750. The van der Waals surface area contributed by atoms with E-state index >= 15 is 0 Å². The van der Waals surface area contributed by atoms with Gasteiger partial charge in [0.2, 0.25) is 5.91 Å². The Morgan fingerprint density at radius 3 is 2.67 bits per heavy atom. The number of esters is 1. The number of hydrogen-bond donors (Lipinski definition) is 0. The van der Waals surface area contributed by atoms with E-state index < -0.39 is 6.04 Å². The van der Waals surface area contributed by atoms with Crippen LogP contribution in [0.5, 0.6) is 0 Å². The lowest BCUT2D eigenvalue weighted by Gasteiger charge is -2.29. The van der Waals surface area contributed by atoms with Crippen molar-refractivity contribution in [3.63, 3.8) is 0 Å². The number of likely N-dealkylation sites (tertiary alicyclic amines) is 1. The van der Waals surface area contributed by atoms with Gasteiger partial charge >= 0.3 is 5.97 Å². The second-order valence-corrected chi connectivity index (χ2v) is 5.74. The highest BCUT2D eigenvalue weighted by Crippen LogP contribution is 2.22. The summed E-state index contributed by atoms with van der Waals surface area (Å²) in [5.41, 5.74) is 0. The van der Waals surface area contributed by atoms with Crippen molar-refractivity contribution in [2.75, 3.05) is 38.4 Å². The molecule has 2 aliphatic heterocycles. The van der Waals surface area contributed by atoms with Gasteiger partial charge in [0, 0.05) is 5.75 Å². The molecule has 1 atom stereocenters. The molecule has 1 amide bonds. The molecule has 0 saturated carbocycles. The molecule has 1 unspecified atom stereocenters. The molecule has 2 rings (SSSR count). The van der Waals surface area contributed by atoms with Crippen molar-refractivity contribution in [3.8, 4) is 0 Å². The highest BCUT2D eigenvalue weighted by atomic mass is 32.2. The minimum atomic E-state index is -0.391. The molecule has 0 bridgehead atoms. The van der Waals surface area contributed by atoms with Gasteiger partial charge in [-0.1, -0.05) is 6.42 Å². The third-order valence-corrected chi connectivity index (χ3v) is 4.50. The summed E-state index contributed by atoms with van der Waals surface area (Å²) in [7, 11) is 1.37. The van der Waals surface area contributed by atoms with Crippen LogP contribution in [0.2, 0.25) is 0 Å². The van der Waals surface area contributed by atoms with Gasteiger partial charge in [0.05, 0.1) is 19.5 Å². The van der Waals surface area contributed by atoms with Gasteiger partial charge in [-0.05, 0) is 25.9 Å². The lowest BCUT2D eigenvalue weighted by molar-refractivity contribution is -0.150. The topological polar surface area (TPSA) is 49.9 Å². The first-order chi connectivity index (χ1) is 8.72. The van der Waals surface area contributed by atoms with Gasteiger partial charge in [-0.15, -0.1) is 11.8 Å². The number of carbonyl (C=O) groups is 2. The Kier molecular flexibility index (Phi) is 4.88. The third kappa shape index (κ3) is 3.17. The summed E-state index contributed by atoms with van der Waals surface area (Å²) in [5, 5.41) is 0. The van der Waals surface area contributed by atoms with Crippen molar-refractivity contribution in [2.45, 2.75) is 25.3 Å². The van der Waals surface area contributed by atoms with Crippen LogP contribution < -0.4 is 0 Å². The Balaban J connectivity index is 1.89. The van der Waals surface area contributed by atoms with Crippen LogP contribution in [0.3, 0.4) is 0 Å². The van der Waals surface area contributed by atoms with Crippen LogP contribution in [0, 0.1) is 0 Å². The van der Waals surface area contributed by atoms with E-state index in [2.05, 4.69) is 4.90 Å². The molecule has 102 valence electrons. The number of piperidine rings is 1. The maximum Gasteiger partial charge on any atom is 0.329 e. The molecule has 0 aromatic carbocycles. The number of thioether (sulfide) groups is 1. The summed E-state index contributed by atoms with van der Waals surface area (Å²) < 4.78 is 4.74. The van der Waals surface area contributed by atoms with Crippen molar-refractivity contribution in [2.24, 2.45) is 0 Å². The van der Waals surface area contributed by atoms with Crippen molar-refractivity contribution in [1.82, 2.24) is 9.80 Å². The molecule has 2 fully saturated rings. The number of rotatable bonds is 3. The van der Waals surface area contributed by atoms with Crippen molar-refractivity contribution >= 4 is 23.6 Å². The number of ether oxygens (including phenoxy) is 1. The maximum absolute atomic E-state index is 12.2. The summed E-state index contributed by atoms with van der Waals surface area (Å²) in [6.45, 7) is 2.43. The molecule has 0 aromatic rings. The average Bonchev–Trinajstić information content (AvgIpc) is 2.88. The standard InChI is InChI=1S/C12H20N2O3S/c1-17-12(16)10-8-18-9-14(10)11(15)7-13-5-3-2-4-6-13/h10H,2-9H2,1H3. The summed E-state index contributed by atoms with van der Waals surface area (Å²) in [6, 6.07) is -0.391. The largest absolute Gasteiger partial charge is 0.467 e. The van der Waals surface area contributed by atoms with Crippen LogP contribution in [-0.2, 0) is 14.3 Å². The average molecular weight is 272 g/mol. The van der Waals surface area contributed by atoms with Crippen LogP contribution >= 0.6 is 11.8 Å². The zero-order valence-corrected chi connectivity index (χ0v) is 11.6. The molecule has 5 nitrogen and oxygen atoms in total. The van der Waals surface area contributed by atoms with E-state index in [1.807, 2.05) is 0 Å². The van der Waals surface area contributed by atoms with Crippen LogP contribution in [0.4, 0.5) is 0 Å². The molecule has 0 spiro atoms. The normalized spacial score (nSPS) is 25.2. The minimum Gasteiger partial charge on any atom is -0.467 e. The van der Waals surface area contributed by atoms with Gasteiger partial charge in [-0.3, -0.25) is 9.69 Å². The van der Waals surface area contributed by atoms with Gasteiger partial charge in [0.25, 0.3) is 0 Å². The van der Waals surface area contributed by atoms with Gasteiger partial charge in [0.1, 0.15) is 6.04 Å².